The van der Waals surface area contributed by atoms with Crippen LogP contribution in [0.5, 0.6) is 5.75 Å². The van der Waals surface area contributed by atoms with Crippen LogP contribution in [0.25, 0.3) is 0 Å². The van der Waals surface area contributed by atoms with Crippen LogP contribution in [0.1, 0.15) is 12.0 Å². The number of nitrogens with zero attached hydrogens (tertiary/aromatic N) is 1. The molecule has 28 heavy (non-hydrogen) atoms. The van der Waals surface area contributed by atoms with E-state index < -0.39 is 15.9 Å². The lowest BCUT2D eigenvalue weighted by Gasteiger charge is -2.30. The molecule has 1 aliphatic rings. The number of aliphatic hydroxyl groups excluding tert-OH is 1. The zero-order chi connectivity index (χ0) is 20.1. The Hall–Kier alpha value is -1.67. The van der Waals surface area contributed by atoms with Crippen LogP contribution in [0.2, 0.25) is 5.02 Å². The predicted octanol–water partition coefficient (Wildman–Crippen LogP) is 2.91. The summed E-state index contributed by atoms with van der Waals surface area (Å²) >= 11 is 6.05. The van der Waals surface area contributed by atoms with Crippen molar-refractivity contribution in [1.82, 2.24) is 4.90 Å². The van der Waals surface area contributed by atoms with E-state index in [4.69, 9.17) is 16.3 Å². The first-order chi connectivity index (χ1) is 13.3. The van der Waals surface area contributed by atoms with Crippen molar-refractivity contribution < 1.29 is 22.7 Å². The molecule has 5 nitrogen and oxygen atoms in total. The minimum atomic E-state index is -3.11. The predicted molar refractivity (Wildman–Crippen MR) is 107 cm³/mol. The molecular weight excluding hydrogens is 405 g/mol. The molecule has 1 N–H and O–H groups in total. The molecule has 3 rings (SSSR count). The van der Waals surface area contributed by atoms with E-state index >= 15 is 0 Å². The van der Waals surface area contributed by atoms with Crippen molar-refractivity contribution in [1.29, 1.82) is 0 Å². The number of rotatable bonds is 8. The Kier molecular flexibility index (Phi) is 6.93. The van der Waals surface area contributed by atoms with Crippen molar-refractivity contribution in [3.8, 4) is 5.75 Å². The van der Waals surface area contributed by atoms with Gasteiger partial charge in [0, 0.05) is 24.7 Å². The van der Waals surface area contributed by atoms with Crippen molar-refractivity contribution in [3.63, 3.8) is 0 Å². The van der Waals surface area contributed by atoms with Gasteiger partial charge in [-0.1, -0.05) is 41.9 Å². The molecule has 2 aromatic rings. The quantitative estimate of drug-likeness (QED) is 0.701. The second-order valence-corrected chi connectivity index (χ2v) is 9.61. The standard InChI is InChI=1S/C20H23ClFNO4S/c21-18-6-2-4-8-20(18)27-13-17(24)12-23(16-9-10-28(25,26)14-16)11-15-5-1-3-7-19(15)22/h1-8,16-17,24H,9-14H2. The molecule has 2 atom stereocenters. The molecule has 8 heteroatoms. The molecule has 2 aromatic carbocycles. The fourth-order valence-corrected chi connectivity index (χ4v) is 5.27. The molecule has 0 radical (unpaired) electrons. The van der Waals surface area contributed by atoms with Gasteiger partial charge in [0.25, 0.3) is 0 Å². The van der Waals surface area contributed by atoms with Crippen LogP contribution in [0.4, 0.5) is 4.39 Å². The Morgan fingerprint density at radius 1 is 1.21 bits per heavy atom. The molecule has 0 aromatic heterocycles. The topological polar surface area (TPSA) is 66.8 Å². The summed E-state index contributed by atoms with van der Waals surface area (Å²) in [5.41, 5.74) is 0.464. The Labute approximate surface area is 169 Å². The number of halogens is 2. The SMILES string of the molecule is O=S1(=O)CCC(N(Cc2ccccc2F)CC(O)COc2ccccc2Cl)C1. The van der Waals surface area contributed by atoms with Gasteiger partial charge in [-0.3, -0.25) is 4.90 Å². The van der Waals surface area contributed by atoms with Crippen molar-refractivity contribution in [3.05, 3.63) is 64.9 Å². The van der Waals surface area contributed by atoms with Crippen LogP contribution >= 0.6 is 11.6 Å². The maximum Gasteiger partial charge on any atom is 0.151 e. The minimum Gasteiger partial charge on any atom is -0.489 e. The van der Waals surface area contributed by atoms with Crippen molar-refractivity contribution in [2.45, 2.75) is 25.1 Å². The summed E-state index contributed by atoms with van der Waals surface area (Å²) < 4.78 is 43.5. The van der Waals surface area contributed by atoms with Crippen molar-refractivity contribution in [2.75, 3.05) is 24.7 Å². The van der Waals surface area contributed by atoms with E-state index in [0.717, 1.165) is 0 Å². The molecule has 1 heterocycles. The van der Waals surface area contributed by atoms with E-state index in [0.29, 0.717) is 22.8 Å². The van der Waals surface area contributed by atoms with E-state index in [9.17, 15) is 17.9 Å². The van der Waals surface area contributed by atoms with Gasteiger partial charge in [0.15, 0.2) is 9.84 Å². The first kappa shape index (κ1) is 21.0. The van der Waals surface area contributed by atoms with Gasteiger partial charge in [-0.05, 0) is 24.6 Å². The average Bonchev–Trinajstić information content (AvgIpc) is 3.02. The molecule has 0 saturated carbocycles. The van der Waals surface area contributed by atoms with Crippen LogP contribution in [0.15, 0.2) is 48.5 Å². The second kappa shape index (κ2) is 9.22. The number of hydrogen-bond acceptors (Lipinski definition) is 5. The largest absolute Gasteiger partial charge is 0.489 e. The second-order valence-electron chi connectivity index (χ2n) is 6.97. The number of sulfone groups is 1. The molecule has 2 unspecified atom stereocenters. The zero-order valence-corrected chi connectivity index (χ0v) is 16.9. The highest BCUT2D eigenvalue weighted by Crippen LogP contribution is 2.24. The van der Waals surface area contributed by atoms with Crippen LogP contribution in [0.3, 0.4) is 0 Å². The van der Waals surface area contributed by atoms with Gasteiger partial charge in [-0.15, -0.1) is 0 Å². The minimum absolute atomic E-state index is 0.00300. The summed E-state index contributed by atoms with van der Waals surface area (Å²) in [5, 5.41) is 10.9. The zero-order valence-electron chi connectivity index (χ0n) is 15.3. The molecule has 1 aliphatic heterocycles. The Morgan fingerprint density at radius 2 is 1.93 bits per heavy atom. The van der Waals surface area contributed by atoms with Crippen molar-refractivity contribution >= 4 is 21.4 Å². The third-order valence-corrected chi connectivity index (χ3v) is 6.83. The van der Waals surface area contributed by atoms with Gasteiger partial charge in [-0.2, -0.15) is 0 Å². The van der Waals surface area contributed by atoms with Crippen LogP contribution in [-0.2, 0) is 16.4 Å². The van der Waals surface area contributed by atoms with E-state index in [2.05, 4.69) is 0 Å². The first-order valence-electron chi connectivity index (χ1n) is 9.07. The number of ether oxygens (including phenoxy) is 1. The van der Waals surface area contributed by atoms with Gasteiger partial charge in [0.05, 0.1) is 16.5 Å². The highest BCUT2D eigenvalue weighted by molar-refractivity contribution is 7.91. The van der Waals surface area contributed by atoms with Crippen LogP contribution in [0, 0.1) is 5.82 Å². The smallest absolute Gasteiger partial charge is 0.151 e. The number of aliphatic hydroxyl groups is 1. The summed E-state index contributed by atoms with van der Waals surface area (Å²) in [6, 6.07) is 13.1. The number of para-hydroxylation sites is 1. The molecule has 0 aliphatic carbocycles. The Morgan fingerprint density at radius 3 is 2.61 bits per heavy atom. The summed E-state index contributed by atoms with van der Waals surface area (Å²) in [4.78, 5) is 1.82. The maximum atomic E-state index is 14.1. The lowest BCUT2D eigenvalue weighted by Crippen LogP contribution is -2.42. The molecule has 0 amide bonds. The summed E-state index contributed by atoms with van der Waals surface area (Å²) in [6.45, 7) is 0.381. The molecule has 0 bridgehead atoms. The van der Waals surface area contributed by atoms with E-state index in [1.54, 1.807) is 42.5 Å². The van der Waals surface area contributed by atoms with Gasteiger partial charge in [0.2, 0.25) is 0 Å². The molecule has 1 saturated heterocycles. The van der Waals surface area contributed by atoms with Gasteiger partial charge >= 0.3 is 0 Å². The van der Waals surface area contributed by atoms with E-state index in [1.165, 1.54) is 6.07 Å². The normalized spacial score (nSPS) is 19.6. The highest BCUT2D eigenvalue weighted by Gasteiger charge is 2.33. The van der Waals surface area contributed by atoms with Gasteiger partial charge < -0.3 is 9.84 Å². The third-order valence-electron chi connectivity index (χ3n) is 4.77. The lowest BCUT2D eigenvalue weighted by molar-refractivity contribution is 0.0520. The fourth-order valence-electron chi connectivity index (χ4n) is 3.32. The monoisotopic (exact) mass is 427 g/mol. The summed E-state index contributed by atoms with van der Waals surface area (Å²) in [7, 11) is -3.11. The first-order valence-corrected chi connectivity index (χ1v) is 11.3. The van der Waals surface area contributed by atoms with Gasteiger partial charge in [-0.25, -0.2) is 12.8 Å². The van der Waals surface area contributed by atoms with Gasteiger partial charge in [0.1, 0.15) is 24.3 Å². The molecule has 152 valence electrons. The van der Waals surface area contributed by atoms with Crippen LogP contribution in [-0.4, -0.2) is 55.2 Å². The Balaban J connectivity index is 1.68. The highest BCUT2D eigenvalue weighted by atomic mass is 35.5. The third kappa shape index (κ3) is 5.67. The maximum absolute atomic E-state index is 14.1. The van der Waals surface area contributed by atoms with E-state index in [-0.39, 0.29) is 43.1 Å². The molecular formula is C20H23ClFNO4S. The lowest BCUT2D eigenvalue weighted by atomic mass is 10.1. The Bertz CT molecular complexity index is 909. The summed E-state index contributed by atoms with van der Waals surface area (Å²) in [5.74, 6) is 0.236. The molecule has 1 fully saturated rings. The summed E-state index contributed by atoms with van der Waals surface area (Å²) in [6.07, 6.45) is -0.416. The fraction of sp³-hybridized carbons (Fsp3) is 0.400. The average molecular weight is 428 g/mol. The van der Waals surface area contributed by atoms with Crippen molar-refractivity contribution in [2.24, 2.45) is 0 Å². The number of hydrogen-bond donors (Lipinski definition) is 1. The van der Waals surface area contributed by atoms with E-state index in [1.807, 2.05) is 4.90 Å². The number of benzene rings is 2. The van der Waals surface area contributed by atoms with Crippen LogP contribution < -0.4 is 4.74 Å². The molecule has 0 spiro atoms.